The smallest absolute Gasteiger partial charge is 0.321 e. The topological polar surface area (TPSA) is 32.3 Å². The van der Waals surface area contributed by atoms with Crippen LogP contribution >= 0.6 is 0 Å². The third-order valence-corrected chi connectivity index (χ3v) is 3.20. The molecule has 2 amide bonds. The van der Waals surface area contributed by atoms with Gasteiger partial charge in [0, 0.05) is 19.8 Å². The van der Waals surface area contributed by atoms with E-state index >= 15 is 0 Å². The zero-order valence-electron chi connectivity index (χ0n) is 12.5. The van der Waals surface area contributed by atoms with Gasteiger partial charge >= 0.3 is 6.03 Å². The minimum absolute atomic E-state index is 0.0747. The van der Waals surface area contributed by atoms with E-state index in [2.05, 4.69) is 26.1 Å². The average molecular weight is 260 g/mol. The number of nitrogens with zero attached hydrogens (tertiary/aromatic N) is 1. The Kier molecular flexibility index (Phi) is 5.16. The molecular formula is C16H24N2O. The summed E-state index contributed by atoms with van der Waals surface area (Å²) in [5, 5.41) is 2.83. The number of carbonyl (C=O) groups excluding carboxylic acids is 1. The van der Waals surface area contributed by atoms with Gasteiger partial charge in [0.15, 0.2) is 0 Å². The van der Waals surface area contributed by atoms with Crippen molar-refractivity contribution < 1.29 is 4.79 Å². The molecule has 19 heavy (non-hydrogen) atoms. The first-order chi connectivity index (χ1) is 8.80. The van der Waals surface area contributed by atoms with E-state index in [4.69, 9.17) is 0 Å². The van der Waals surface area contributed by atoms with Gasteiger partial charge in [-0.05, 0) is 17.9 Å². The molecule has 0 aliphatic heterocycles. The number of allylic oxidation sites excluding steroid dienone is 1. The summed E-state index contributed by atoms with van der Waals surface area (Å²) in [5.74, 6) is 0. The first-order valence-corrected chi connectivity index (χ1v) is 6.53. The Hall–Kier alpha value is -1.77. The van der Waals surface area contributed by atoms with Crippen LogP contribution in [-0.4, -0.2) is 18.0 Å². The molecule has 1 aromatic carbocycles. The molecule has 0 unspecified atom stereocenters. The van der Waals surface area contributed by atoms with Crippen molar-refractivity contribution in [3.05, 3.63) is 47.7 Å². The number of benzene rings is 1. The molecule has 0 spiro atoms. The van der Waals surface area contributed by atoms with Crippen molar-refractivity contribution in [2.24, 2.45) is 5.41 Å². The summed E-state index contributed by atoms with van der Waals surface area (Å²) in [6, 6.07) is 9.86. The fraction of sp³-hybridized carbons (Fsp3) is 0.438. The molecule has 0 aromatic heterocycles. The standard InChI is InChI=1S/C16H24N2O/c1-13(16(2,3)4)11-17-15(19)18(5)12-14-9-7-6-8-10-14/h6-11H,12H2,1-5H3,(H,17,19)/b13-11+. The Morgan fingerprint density at radius 3 is 2.37 bits per heavy atom. The summed E-state index contributed by atoms with van der Waals surface area (Å²) in [6.07, 6.45) is 1.80. The van der Waals surface area contributed by atoms with Crippen LogP contribution in [0.3, 0.4) is 0 Å². The van der Waals surface area contributed by atoms with Crippen LogP contribution < -0.4 is 5.32 Å². The third-order valence-electron chi connectivity index (χ3n) is 3.20. The zero-order chi connectivity index (χ0) is 14.5. The summed E-state index contributed by atoms with van der Waals surface area (Å²) < 4.78 is 0. The second-order valence-electron chi connectivity index (χ2n) is 5.87. The Bertz CT molecular complexity index is 444. The summed E-state index contributed by atoms with van der Waals surface area (Å²) in [6.45, 7) is 9.00. The molecule has 1 aromatic rings. The van der Waals surface area contributed by atoms with Crippen LogP contribution in [0, 0.1) is 5.41 Å². The van der Waals surface area contributed by atoms with Crippen LogP contribution in [0.1, 0.15) is 33.3 Å². The lowest BCUT2D eigenvalue weighted by Gasteiger charge is -2.21. The molecule has 0 atom stereocenters. The second kappa shape index (κ2) is 6.41. The highest BCUT2D eigenvalue weighted by atomic mass is 16.2. The first-order valence-electron chi connectivity index (χ1n) is 6.53. The molecule has 0 saturated carbocycles. The van der Waals surface area contributed by atoms with Crippen molar-refractivity contribution in [1.29, 1.82) is 0 Å². The quantitative estimate of drug-likeness (QED) is 0.881. The second-order valence-corrected chi connectivity index (χ2v) is 5.87. The van der Waals surface area contributed by atoms with E-state index in [1.165, 1.54) is 0 Å². The molecule has 3 nitrogen and oxygen atoms in total. The normalized spacial score (nSPS) is 12.2. The van der Waals surface area contributed by atoms with Crippen molar-refractivity contribution in [3.63, 3.8) is 0 Å². The van der Waals surface area contributed by atoms with Gasteiger partial charge in [0.1, 0.15) is 0 Å². The summed E-state index contributed by atoms with van der Waals surface area (Å²) in [7, 11) is 1.79. The van der Waals surface area contributed by atoms with Crippen molar-refractivity contribution in [2.75, 3.05) is 7.05 Å². The molecule has 0 saturated heterocycles. The van der Waals surface area contributed by atoms with Gasteiger partial charge in [-0.2, -0.15) is 0 Å². The van der Waals surface area contributed by atoms with Crippen LogP contribution in [0.5, 0.6) is 0 Å². The molecule has 3 heteroatoms. The van der Waals surface area contributed by atoms with Crippen LogP contribution in [0.4, 0.5) is 4.79 Å². The van der Waals surface area contributed by atoms with Gasteiger partial charge in [0.2, 0.25) is 0 Å². The number of hydrogen-bond acceptors (Lipinski definition) is 1. The molecule has 104 valence electrons. The number of urea groups is 1. The monoisotopic (exact) mass is 260 g/mol. The van der Waals surface area contributed by atoms with Gasteiger partial charge in [-0.25, -0.2) is 4.79 Å². The van der Waals surface area contributed by atoms with Crippen molar-refractivity contribution in [3.8, 4) is 0 Å². The Morgan fingerprint density at radius 2 is 1.84 bits per heavy atom. The largest absolute Gasteiger partial charge is 0.323 e. The average Bonchev–Trinajstić information content (AvgIpc) is 2.35. The van der Waals surface area contributed by atoms with Crippen molar-refractivity contribution >= 4 is 6.03 Å². The Morgan fingerprint density at radius 1 is 1.26 bits per heavy atom. The maximum Gasteiger partial charge on any atom is 0.321 e. The fourth-order valence-corrected chi connectivity index (χ4v) is 1.43. The molecule has 0 radical (unpaired) electrons. The minimum atomic E-state index is -0.0903. The summed E-state index contributed by atoms with van der Waals surface area (Å²) in [4.78, 5) is 13.6. The lowest BCUT2D eigenvalue weighted by molar-refractivity contribution is 0.210. The van der Waals surface area contributed by atoms with Gasteiger partial charge in [0.25, 0.3) is 0 Å². The molecular weight excluding hydrogens is 236 g/mol. The number of hydrogen-bond donors (Lipinski definition) is 1. The maximum atomic E-state index is 11.9. The number of nitrogens with one attached hydrogen (secondary N) is 1. The molecule has 0 aliphatic rings. The van der Waals surface area contributed by atoms with E-state index in [1.807, 2.05) is 37.3 Å². The highest BCUT2D eigenvalue weighted by molar-refractivity contribution is 5.75. The van der Waals surface area contributed by atoms with Crippen LogP contribution in [0.25, 0.3) is 0 Å². The maximum absolute atomic E-state index is 11.9. The van der Waals surface area contributed by atoms with E-state index in [1.54, 1.807) is 18.1 Å². The van der Waals surface area contributed by atoms with Crippen LogP contribution in [0.15, 0.2) is 42.1 Å². The van der Waals surface area contributed by atoms with Gasteiger partial charge in [-0.1, -0.05) is 56.7 Å². The van der Waals surface area contributed by atoms with Gasteiger partial charge in [-0.15, -0.1) is 0 Å². The predicted octanol–water partition coefficient (Wildman–Crippen LogP) is 3.78. The molecule has 0 fully saturated rings. The molecule has 1 N–H and O–H groups in total. The van der Waals surface area contributed by atoms with Gasteiger partial charge < -0.3 is 10.2 Å². The lowest BCUT2D eigenvalue weighted by atomic mass is 9.88. The summed E-state index contributed by atoms with van der Waals surface area (Å²) >= 11 is 0. The van der Waals surface area contributed by atoms with Crippen molar-refractivity contribution in [2.45, 2.75) is 34.2 Å². The lowest BCUT2D eigenvalue weighted by Crippen LogP contribution is -2.34. The van der Waals surface area contributed by atoms with Crippen LogP contribution in [0.2, 0.25) is 0 Å². The first kappa shape index (κ1) is 15.3. The van der Waals surface area contributed by atoms with E-state index in [0.29, 0.717) is 6.54 Å². The summed E-state index contributed by atoms with van der Waals surface area (Å²) in [5.41, 5.74) is 2.34. The van der Waals surface area contributed by atoms with E-state index in [9.17, 15) is 4.79 Å². The highest BCUT2D eigenvalue weighted by Gasteiger charge is 2.13. The Labute approximate surface area is 116 Å². The minimum Gasteiger partial charge on any atom is -0.323 e. The van der Waals surface area contributed by atoms with Crippen LogP contribution in [-0.2, 0) is 6.54 Å². The number of carbonyl (C=O) groups is 1. The number of amides is 2. The van der Waals surface area contributed by atoms with E-state index in [-0.39, 0.29) is 11.4 Å². The molecule has 0 bridgehead atoms. The third kappa shape index (κ3) is 5.16. The van der Waals surface area contributed by atoms with E-state index < -0.39 is 0 Å². The van der Waals surface area contributed by atoms with E-state index in [0.717, 1.165) is 11.1 Å². The Balaban J connectivity index is 2.55. The highest BCUT2D eigenvalue weighted by Crippen LogP contribution is 2.23. The molecule has 0 aliphatic carbocycles. The number of rotatable bonds is 3. The molecule has 1 rings (SSSR count). The van der Waals surface area contributed by atoms with Gasteiger partial charge in [-0.3, -0.25) is 0 Å². The van der Waals surface area contributed by atoms with Gasteiger partial charge in [0.05, 0.1) is 0 Å². The zero-order valence-corrected chi connectivity index (χ0v) is 12.5. The predicted molar refractivity (Wildman–Crippen MR) is 79.7 cm³/mol. The van der Waals surface area contributed by atoms with Crippen molar-refractivity contribution in [1.82, 2.24) is 10.2 Å². The molecule has 0 heterocycles. The fourth-order valence-electron chi connectivity index (χ4n) is 1.43. The SMILES string of the molecule is C/C(=C\NC(=O)N(C)Cc1ccccc1)C(C)(C)C.